The van der Waals surface area contributed by atoms with Crippen molar-refractivity contribution in [1.82, 2.24) is 9.78 Å². The zero-order valence-corrected chi connectivity index (χ0v) is 13.4. The van der Waals surface area contributed by atoms with Crippen LogP contribution in [-0.2, 0) is 4.79 Å². The molecule has 1 heterocycles. The lowest BCUT2D eigenvalue weighted by atomic mass is 10.2. The molecule has 0 saturated heterocycles. The fraction of sp³-hybridized carbons (Fsp3) is 0.118. The predicted molar refractivity (Wildman–Crippen MR) is 90.8 cm³/mol. The topological polar surface area (TPSA) is 64.0 Å². The molecule has 1 atom stereocenters. The van der Waals surface area contributed by atoms with Crippen LogP contribution in [0.4, 0.5) is 10.1 Å². The number of halogens is 2. The summed E-state index contributed by atoms with van der Waals surface area (Å²) in [6, 6.07) is 9.93. The highest BCUT2D eigenvalue weighted by Gasteiger charge is 2.19. The Morgan fingerprint density at radius 1 is 1.29 bits per heavy atom. The van der Waals surface area contributed by atoms with Crippen LogP contribution in [0.2, 0.25) is 5.02 Å². The molecular weight excluding hydrogens is 333 g/mol. The lowest BCUT2D eigenvalue weighted by Crippen LogP contribution is -2.27. The minimum absolute atomic E-state index is 0.105. The molecule has 1 aromatic heterocycles. The smallest absolute Gasteiger partial charge is 0.249 e. The molecule has 0 bridgehead atoms. The van der Waals surface area contributed by atoms with Crippen molar-refractivity contribution in [3.05, 3.63) is 69.7 Å². The molecule has 0 aliphatic heterocycles. The Labute approximate surface area is 141 Å². The van der Waals surface area contributed by atoms with Crippen molar-refractivity contribution in [3.63, 3.8) is 0 Å². The Morgan fingerprint density at radius 3 is 2.79 bits per heavy atom. The van der Waals surface area contributed by atoms with Crippen LogP contribution in [0.15, 0.2) is 53.5 Å². The van der Waals surface area contributed by atoms with Crippen LogP contribution in [-0.4, -0.2) is 15.7 Å². The van der Waals surface area contributed by atoms with Crippen LogP contribution in [0.5, 0.6) is 0 Å². The van der Waals surface area contributed by atoms with Gasteiger partial charge in [0.15, 0.2) is 0 Å². The van der Waals surface area contributed by atoms with E-state index in [4.69, 9.17) is 11.6 Å². The molecule has 0 aliphatic rings. The lowest BCUT2D eigenvalue weighted by Gasteiger charge is -2.17. The maximum Gasteiger partial charge on any atom is 0.249 e. The number of nitrogens with one attached hydrogen (secondary N) is 1. The van der Waals surface area contributed by atoms with Gasteiger partial charge in [0.1, 0.15) is 11.9 Å². The Hall–Kier alpha value is -2.73. The number of aromatic nitrogens is 2. The molecule has 1 amide bonds. The van der Waals surface area contributed by atoms with Gasteiger partial charge in [-0.3, -0.25) is 14.3 Å². The lowest BCUT2D eigenvalue weighted by molar-refractivity contribution is -0.119. The van der Waals surface area contributed by atoms with Crippen LogP contribution in [0.25, 0.3) is 10.9 Å². The number of benzene rings is 2. The van der Waals surface area contributed by atoms with Crippen LogP contribution >= 0.6 is 11.6 Å². The summed E-state index contributed by atoms with van der Waals surface area (Å²) in [6.45, 7) is 1.65. The number of rotatable bonds is 3. The van der Waals surface area contributed by atoms with Crippen molar-refractivity contribution in [1.29, 1.82) is 0 Å². The third-order valence-corrected chi connectivity index (χ3v) is 3.96. The highest BCUT2D eigenvalue weighted by Crippen LogP contribution is 2.24. The zero-order chi connectivity index (χ0) is 17.3. The molecule has 122 valence electrons. The Balaban J connectivity index is 1.94. The quantitative estimate of drug-likeness (QED) is 0.791. The third kappa shape index (κ3) is 3.00. The maximum atomic E-state index is 13.1. The SMILES string of the molecule is C[C@H](C(=O)Nc1ccc(F)cc1Cl)n1ncc(=O)c2ccccc21. The summed E-state index contributed by atoms with van der Waals surface area (Å²) in [4.78, 5) is 24.3. The Kier molecular flexibility index (Phi) is 4.31. The van der Waals surface area contributed by atoms with Crippen molar-refractivity contribution >= 4 is 34.1 Å². The number of hydrogen-bond donors (Lipinski definition) is 1. The van der Waals surface area contributed by atoms with Gasteiger partial charge in [-0.15, -0.1) is 0 Å². The number of anilines is 1. The van der Waals surface area contributed by atoms with Gasteiger partial charge in [0.25, 0.3) is 0 Å². The molecule has 0 aliphatic carbocycles. The summed E-state index contributed by atoms with van der Waals surface area (Å²) in [7, 11) is 0. The number of nitrogens with zero attached hydrogens (tertiary/aromatic N) is 2. The molecule has 0 unspecified atom stereocenters. The fourth-order valence-corrected chi connectivity index (χ4v) is 2.59. The zero-order valence-electron chi connectivity index (χ0n) is 12.7. The monoisotopic (exact) mass is 345 g/mol. The van der Waals surface area contributed by atoms with Gasteiger partial charge >= 0.3 is 0 Å². The molecule has 0 fully saturated rings. The molecule has 0 radical (unpaired) electrons. The molecule has 0 spiro atoms. The summed E-state index contributed by atoms with van der Waals surface area (Å²) >= 11 is 5.92. The van der Waals surface area contributed by atoms with Crippen LogP contribution < -0.4 is 10.7 Å². The van der Waals surface area contributed by atoms with E-state index in [2.05, 4.69) is 10.4 Å². The molecule has 2 aromatic carbocycles. The first kappa shape index (κ1) is 16.1. The molecular formula is C17H13ClFN3O2. The Bertz CT molecular complexity index is 987. The first-order chi connectivity index (χ1) is 11.5. The summed E-state index contributed by atoms with van der Waals surface area (Å²) in [6.07, 6.45) is 1.18. The molecule has 24 heavy (non-hydrogen) atoms. The molecule has 3 rings (SSSR count). The minimum Gasteiger partial charge on any atom is -0.323 e. The number of carbonyl (C=O) groups is 1. The second kappa shape index (κ2) is 6.41. The standard InChI is InChI=1S/C17H13ClFN3O2/c1-10(17(24)21-14-7-6-11(19)8-13(14)18)22-15-5-3-2-4-12(15)16(23)9-20-22/h2-10H,1H3,(H,21,24)/t10-/m1/s1. The Morgan fingerprint density at radius 2 is 2.04 bits per heavy atom. The van der Waals surface area contributed by atoms with E-state index < -0.39 is 11.9 Å². The predicted octanol–water partition coefficient (Wildman–Crippen LogP) is 3.39. The summed E-state index contributed by atoms with van der Waals surface area (Å²) in [5.41, 5.74) is 0.647. The van der Waals surface area contributed by atoms with Crippen molar-refractivity contribution < 1.29 is 9.18 Å². The van der Waals surface area contributed by atoms with Gasteiger partial charge in [0.2, 0.25) is 11.3 Å². The second-order valence-electron chi connectivity index (χ2n) is 5.26. The second-order valence-corrected chi connectivity index (χ2v) is 5.67. The largest absolute Gasteiger partial charge is 0.323 e. The molecule has 7 heteroatoms. The normalized spacial score (nSPS) is 12.1. The van der Waals surface area contributed by atoms with Gasteiger partial charge in [-0.1, -0.05) is 23.7 Å². The molecule has 5 nitrogen and oxygen atoms in total. The van der Waals surface area contributed by atoms with E-state index in [9.17, 15) is 14.0 Å². The minimum atomic E-state index is -0.698. The fourth-order valence-electron chi connectivity index (χ4n) is 2.38. The van der Waals surface area contributed by atoms with Gasteiger partial charge < -0.3 is 5.32 Å². The number of amides is 1. The van der Waals surface area contributed by atoms with Crippen molar-refractivity contribution in [3.8, 4) is 0 Å². The van der Waals surface area contributed by atoms with Crippen LogP contribution in [0.1, 0.15) is 13.0 Å². The van der Waals surface area contributed by atoms with E-state index in [-0.39, 0.29) is 16.4 Å². The van der Waals surface area contributed by atoms with E-state index in [1.54, 1.807) is 31.2 Å². The summed E-state index contributed by atoms with van der Waals surface area (Å²) in [5.74, 6) is -0.871. The summed E-state index contributed by atoms with van der Waals surface area (Å²) in [5, 5.41) is 7.28. The van der Waals surface area contributed by atoms with Crippen molar-refractivity contribution in [2.75, 3.05) is 5.32 Å². The van der Waals surface area contributed by atoms with Crippen LogP contribution in [0, 0.1) is 5.82 Å². The average Bonchev–Trinajstić information content (AvgIpc) is 2.57. The first-order valence-electron chi connectivity index (χ1n) is 7.20. The maximum absolute atomic E-state index is 13.1. The van der Waals surface area contributed by atoms with E-state index in [1.807, 2.05) is 0 Å². The van der Waals surface area contributed by atoms with Crippen molar-refractivity contribution in [2.45, 2.75) is 13.0 Å². The van der Waals surface area contributed by atoms with E-state index >= 15 is 0 Å². The average molecular weight is 346 g/mol. The number of carbonyl (C=O) groups excluding carboxylic acids is 1. The number of hydrogen-bond acceptors (Lipinski definition) is 3. The van der Waals surface area contributed by atoms with Gasteiger partial charge in [0.05, 0.1) is 22.4 Å². The number of fused-ring (bicyclic) bond motifs is 1. The molecule has 3 aromatic rings. The third-order valence-electron chi connectivity index (χ3n) is 3.65. The highest BCUT2D eigenvalue weighted by molar-refractivity contribution is 6.33. The van der Waals surface area contributed by atoms with Gasteiger partial charge in [-0.25, -0.2) is 4.39 Å². The van der Waals surface area contributed by atoms with Crippen LogP contribution in [0.3, 0.4) is 0 Å². The van der Waals surface area contributed by atoms with Crippen molar-refractivity contribution in [2.24, 2.45) is 0 Å². The highest BCUT2D eigenvalue weighted by atomic mass is 35.5. The number of para-hydroxylation sites is 1. The van der Waals surface area contributed by atoms with E-state index in [0.717, 1.165) is 6.07 Å². The van der Waals surface area contributed by atoms with E-state index in [0.29, 0.717) is 16.6 Å². The van der Waals surface area contributed by atoms with Gasteiger partial charge in [-0.05, 0) is 37.3 Å². The molecule has 1 N–H and O–H groups in total. The first-order valence-corrected chi connectivity index (χ1v) is 7.57. The molecule has 0 saturated carbocycles. The summed E-state index contributed by atoms with van der Waals surface area (Å²) < 4.78 is 14.5. The van der Waals surface area contributed by atoms with Gasteiger partial charge in [0, 0.05) is 5.39 Å². The van der Waals surface area contributed by atoms with Gasteiger partial charge in [-0.2, -0.15) is 5.10 Å². The van der Waals surface area contributed by atoms with E-state index in [1.165, 1.54) is 23.0 Å².